The molecule has 2 aromatic heterocycles. The summed E-state index contributed by atoms with van der Waals surface area (Å²) in [6.45, 7) is 5.47. The van der Waals surface area contributed by atoms with Crippen molar-refractivity contribution in [3.63, 3.8) is 0 Å². The van der Waals surface area contributed by atoms with Gasteiger partial charge in [-0.1, -0.05) is 13.0 Å². The van der Waals surface area contributed by atoms with Crippen molar-refractivity contribution >= 4 is 11.7 Å². The van der Waals surface area contributed by atoms with E-state index in [1.807, 2.05) is 23.1 Å². The third-order valence-electron chi connectivity index (χ3n) is 5.08. The van der Waals surface area contributed by atoms with E-state index in [9.17, 15) is 4.79 Å². The molecular formula is C20H25N5O. The maximum Gasteiger partial charge on any atom is 0.225 e. The van der Waals surface area contributed by atoms with E-state index in [4.69, 9.17) is 4.98 Å². The Labute approximate surface area is 154 Å². The summed E-state index contributed by atoms with van der Waals surface area (Å²) >= 11 is 0. The third kappa shape index (κ3) is 3.69. The number of amides is 1. The summed E-state index contributed by atoms with van der Waals surface area (Å²) in [5, 5.41) is 0. The second-order valence-electron chi connectivity index (χ2n) is 7.05. The lowest BCUT2D eigenvalue weighted by Crippen LogP contribution is -2.36. The topological polar surface area (TPSA) is 62.2 Å². The molecule has 1 amide bonds. The molecule has 0 unspecified atom stereocenters. The molecule has 0 N–H and O–H groups in total. The molecule has 0 bridgehead atoms. The zero-order valence-corrected chi connectivity index (χ0v) is 15.3. The van der Waals surface area contributed by atoms with Gasteiger partial charge in [0.2, 0.25) is 5.91 Å². The summed E-state index contributed by atoms with van der Waals surface area (Å²) in [5.41, 5.74) is 1.82. The fraction of sp³-hybridized carbons (Fsp3) is 0.500. The first-order valence-electron chi connectivity index (χ1n) is 9.57. The molecule has 3 heterocycles. The monoisotopic (exact) mass is 351 g/mol. The Morgan fingerprint density at radius 2 is 2.04 bits per heavy atom. The Kier molecular flexibility index (Phi) is 4.82. The molecule has 136 valence electrons. The van der Waals surface area contributed by atoms with E-state index >= 15 is 0 Å². The zero-order chi connectivity index (χ0) is 17.9. The van der Waals surface area contributed by atoms with Crippen LogP contribution in [-0.4, -0.2) is 51.9 Å². The van der Waals surface area contributed by atoms with Crippen LogP contribution in [0.2, 0.25) is 0 Å². The molecule has 1 aliphatic heterocycles. The molecule has 6 nitrogen and oxygen atoms in total. The molecule has 2 fully saturated rings. The van der Waals surface area contributed by atoms with Crippen LogP contribution in [0.4, 0.5) is 5.82 Å². The highest BCUT2D eigenvalue weighted by molar-refractivity contribution is 5.81. The van der Waals surface area contributed by atoms with Crippen LogP contribution in [0.15, 0.2) is 30.5 Å². The predicted octanol–water partition coefficient (Wildman–Crippen LogP) is 2.55. The van der Waals surface area contributed by atoms with Gasteiger partial charge in [-0.25, -0.2) is 9.97 Å². The number of pyridine rings is 1. The van der Waals surface area contributed by atoms with Gasteiger partial charge in [0.1, 0.15) is 11.5 Å². The third-order valence-corrected chi connectivity index (χ3v) is 5.08. The number of hydrogen-bond acceptors (Lipinski definition) is 5. The van der Waals surface area contributed by atoms with Crippen LogP contribution in [0.1, 0.15) is 31.9 Å². The van der Waals surface area contributed by atoms with E-state index < -0.39 is 0 Å². The first-order chi connectivity index (χ1) is 12.7. The molecule has 6 heteroatoms. The fourth-order valence-electron chi connectivity index (χ4n) is 3.39. The van der Waals surface area contributed by atoms with Gasteiger partial charge in [0.15, 0.2) is 5.82 Å². The molecule has 4 rings (SSSR count). The van der Waals surface area contributed by atoms with Gasteiger partial charge in [-0.05, 0) is 37.8 Å². The number of rotatable bonds is 4. The van der Waals surface area contributed by atoms with Gasteiger partial charge in [0.05, 0.1) is 0 Å². The number of hydrogen-bond donors (Lipinski definition) is 0. The number of aromatic nitrogens is 3. The highest BCUT2D eigenvalue weighted by Gasteiger charge is 2.34. The molecule has 2 aromatic rings. The summed E-state index contributed by atoms with van der Waals surface area (Å²) in [4.78, 5) is 30.5. The highest BCUT2D eigenvalue weighted by atomic mass is 16.2. The molecule has 0 radical (unpaired) electrons. The molecule has 2 aliphatic rings. The minimum Gasteiger partial charge on any atom is -0.355 e. The molecular weight excluding hydrogens is 326 g/mol. The second-order valence-corrected chi connectivity index (χ2v) is 7.05. The summed E-state index contributed by atoms with van der Waals surface area (Å²) in [5.74, 6) is 2.26. The van der Waals surface area contributed by atoms with E-state index in [-0.39, 0.29) is 0 Å². The van der Waals surface area contributed by atoms with Crippen LogP contribution in [0.5, 0.6) is 0 Å². The first-order valence-corrected chi connectivity index (χ1v) is 9.57. The Bertz CT molecular complexity index is 775. The highest BCUT2D eigenvalue weighted by Crippen LogP contribution is 2.31. The smallest absolute Gasteiger partial charge is 0.225 e. The number of nitrogens with zero attached hydrogens (tertiary/aromatic N) is 5. The average Bonchev–Trinajstić information content (AvgIpc) is 3.54. The van der Waals surface area contributed by atoms with Gasteiger partial charge < -0.3 is 9.80 Å². The van der Waals surface area contributed by atoms with E-state index in [0.29, 0.717) is 17.6 Å². The van der Waals surface area contributed by atoms with Gasteiger partial charge in [-0.3, -0.25) is 9.78 Å². The Morgan fingerprint density at radius 1 is 1.15 bits per heavy atom. The van der Waals surface area contributed by atoms with Crippen LogP contribution in [-0.2, 0) is 11.2 Å². The zero-order valence-electron chi connectivity index (χ0n) is 15.3. The standard InChI is InChI=1S/C20H25N5O/c1-2-16-14-18(23-19(22-16)17-6-3-4-9-21-17)24-10-5-11-25(13-12-24)20(26)15-7-8-15/h3-4,6,9,14-15H,2,5,7-8,10-13H2,1H3. The maximum absolute atomic E-state index is 12.4. The lowest BCUT2D eigenvalue weighted by atomic mass is 10.2. The normalized spacial score (nSPS) is 17.9. The molecule has 0 aromatic carbocycles. The van der Waals surface area contributed by atoms with Crippen molar-refractivity contribution in [1.29, 1.82) is 0 Å². The van der Waals surface area contributed by atoms with Crippen molar-refractivity contribution in [1.82, 2.24) is 19.9 Å². The van der Waals surface area contributed by atoms with Crippen LogP contribution in [0.3, 0.4) is 0 Å². The molecule has 1 saturated heterocycles. The minimum absolute atomic E-state index is 0.294. The molecule has 0 atom stereocenters. The second kappa shape index (κ2) is 7.40. The molecule has 26 heavy (non-hydrogen) atoms. The van der Waals surface area contributed by atoms with Gasteiger partial charge >= 0.3 is 0 Å². The van der Waals surface area contributed by atoms with Crippen molar-refractivity contribution in [2.75, 3.05) is 31.1 Å². The quantitative estimate of drug-likeness (QED) is 0.847. The van der Waals surface area contributed by atoms with Crippen LogP contribution in [0.25, 0.3) is 11.5 Å². The van der Waals surface area contributed by atoms with Crippen LogP contribution < -0.4 is 4.90 Å². The van der Waals surface area contributed by atoms with Crippen LogP contribution >= 0.6 is 0 Å². The Balaban J connectivity index is 1.55. The van der Waals surface area contributed by atoms with Gasteiger partial charge in [0.25, 0.3) is 0 Å². The maximum atomic E-state index is 12.4. The van der Waals surface area contributed by atoms with E-state index in [0.717, 1.165) is 69.1 Å². The predicted molar refractivity (Wildman–Crippen MR) is 101 cm³/mol. The fourth-order valence-corrected chi connectivity index (χ4v) is 3.39. The van der Waals surface area contributed by atoms with Crippen molar-refractivity contribution in [3.05, 3.63) is 36.2 Å². The van der Waals surface area contributed by atoms with E-state index in [2.05, 4.69) is 27.9 Å². The minimum atomic E-state index is 0.294. The summed E-state index contributed by atoms with van der Waals surface area (Å²) < 4.78 is 0. The summed E-state index contributed by atoms with van der Waals surface area (Å²) in [6.07, 6.45) is 5.74. The van der Waals surface area contributed by atoms with Gasteiger partial charge in [0, 0.05) is 50.1 Å². The number of carbonyl (C=O) groups is 1. The lowest BCUT2D eigenvalue weighted by Gasteiger charge is -2.23. The SMILES string of the molecule is CCc1cc(N2CCCN(C(=O)C3CC3)CC2)nc(-c2ccccn2)n1. The number of anilines is 1. The molecule has 1 saturated carbocycles. The van der Waals surface area contributed by atoms with Crippen molar-refractivity contribution in [3.8, 4) is 11.5 Å². The summed E-state index contributed by atoms with van der Waals surface area (Å²) in [7, 11) is 0. The Hall–Kier alpha value is -2.50. The van der Waals surface area contributed by atoms with Gasteiger partial charge in [-0.15, -0.1) is 0 Å². The van der Waals surface area contributed by atoms with E-state index in [1.54, 1.807) is 6.20 Å². The van der Waals surface area contributed by atoms with Crippen molar-refractivity contribution < 1.29 is 4.79 Å². The lowest BCUT2D eigenvalue weighted by molar-refractivity contribution is -0.132. The largest absolute Gasteiger partial charge is 0.355 e. The first kappa shape index (κ1) is 16.9. The van der Waals surface area contributed by atoms with Gasteiger partial charge in [-0.2, -0.15) is 0 Å². The van der Waals surface area contributed by atoms with Crippen LogP contribution in [0, 0.1) is 5.92 Å². The number of carbonyl (C=O) groups excluding carboxylic acids is 1. The van der Waals surface area contributed by atoms with Crippen molar-refractivity contribution in [2.24, 2.45) is 5.92 Å². The number of aryl methyl sites for hydroxylation is 1. The summed E-state index contributed by atoms with van der Waals surface area (Å²) in [6, 6.07) is 7.87. The van der Waals surface area contributed by atoms with E-state index in [1.165, 1.54) is 0 Å². The average molecular weight is 351 g/mol. The van der Waals surface area contributed by atoms with Crippen molar-refractivity contribution in [2.45, 2.75) is 32.6 Å². The molecule has 1 aliphatic carbocycles. The molecule has 0 spiro atoms. The Morgan fingerprint density at radius 3 is 2.77 bits per heavy atom.